The van der Waals surface area contributed by atoms with E-state index in [0.717, 1.165) is 36.1 Å². The molecule has 2 heterocycles. The van der Waals surface area contributed by atoms with Crippen LogP contribution in [0.2, 0.25) is 0 Å². The first-order chi connectivity index (χ1) is 14.2. The molecule has 148 valence electrons. The Kier molecular flexibility index (Phi) is 5.84. The number of rotatable bonds is 5. The lowest BCUT2D eigenvalue weighted by molar-refractivity contribution is -0.125. The van der Waals surface area contributed by atoms with Crippen LogP contribution in [-0.2, 0) is 11.3 Å². The van der Waals surface area contributed by atoms with Crippen molar-refractivity contribution in [2.45, 2.75) is 26.3 Å². The minimum Gasteiger partial charge on any atom is -0.352 e. The van der Waals surface area contributed by atoms with Gasteiger partial charge >= 0.3 is 0 Å². The number of nitrogens with zero attached hydrogens (tertiary/aromatic N) is 3. The Morgan fingerprint density at radius 2 is 1.76 bits per heavy atom. The van der Waals surface area contributed by atoms with E-state index in [2.05, 4.69) is 51.4 Å². The van der Waals surface area contributed by atoms with Crippen molar-refractivity contribution in [1.82, 2.24) is 15.3 Å². The average molecular weight is 386 g/mol. The summed E-state index contributed by atoms with van der Waals surface area (Å²) in [6, 6.07) is 18.4. The maximum Gasteiger partial charge on any atom is 0.225 e. The molecular formula is C24H26N4O. The fourth-order valence-electron chi connectivity index (χ4n) is 3.68. The molecule has 5 heteroatoms. The first-order valence-electron chi connectivity index (χ1n) is 10.1. The highest BCUT2D eigenvalue weighted by atomic mass is 16.1. The topological polar surface area (TPSA) is 58.1 Å². The zero-order valence-corrected chi connectivity index (χ0v) is 16.7. The highest BCUT2D eigenvalue weighted by Gasteiger charge is 2.27. The van der Waals surface area contributed by atoms with E-state index in [4.69, 9.17) is 0 Å². The normalized spacial score (nSPS) is 16.4. The van der Waals surface area contributed by atoms with Crippen LogP contribution in [0.4, 0.5) is 5.95 Å². The number of benzene rings is 2. The van der Waals surface area contributed by atoms with Crippen LogP contribution in [0.25, 0.3) is 11.1 Å². The van der Waals surface area contributed by atoms with Gasteiger partial charge in [0, 0.05) is 37.6 Å². The molecule has 1 N–H and O–H groups in total. The predicted octanol–water partition coefficient (Wildman–Crippen LogP) is 3.98. The second kappa shape index (κ2) is 8.86. The monoisotopic (exact) mass is 386 g/mol. The zero-order valence-electron chi connectivity index (χ0n) is 16.7. The molecule has 0 spiro atoms. The number of aryl methyl sites for hydroxylation is 1. The van der Waals surface area contributed by atoms with Crippen LogP contribution in [0.1, 0.15) is 24.0 Å². The maximum atomic E-state index is 12.6. The molecule has 1 aromatic heterocycles. The number of nitrogens with one attached hydrogen (secondary N) is 1. The van der Waals surface area contributed by atoms with Crippen molar-refractivity contribution in [3.63, 3.8) is 0 Å². The number of carbonyl (C=O) groups excluding carboxylic acids is 1. The SMILES string of the molecule is Cc1ccc(-c2cnc(N3CCC[C@H](C(=O)NCc4ccccc4)C3)nc2)cc1. The van der Waals surface area contributed by atoms with E-state index in [-0.39, 0.29) is 11.8 Å². The van der Waals surface area contributed by atoms with Crippen molar-refractivity contribution in [3.05, 3.63) is 78.1 Å². The number of aromatic nitrogens is 2. The van der Waals surface area contributed by atoms with Crippen molar-refractivity contribution < 1.29 is 4.79 Å². The molecule has 1 fully saturated rings. The third-order valence-electron chi connectivity index (χ3n) is 5.41. The first-order valence-corrected chi connectivity index (χ1v) is 10.1. The quantitative estimate of drug-likeness (QED) is 0.720. The molecule has 5 nitrogen and oxygen atoms in total. The Hall–Kier alpha value is -3.21. The minimum atomic E-state index is -0.0344. The number of anilines is 1. The van der Waals surface area contributed by atoms with Gasteiger partial charge in [-0.2, -0.15) is 0 Å². The van der Waals surface area contributed by atoms with E-state index < -0.39 is 0 Å². The third-order valence-corrected chi connectivity index (χ3v) is 5.41. The summed E-state index contributed by atoms with van der Waals surface area (Å²) in [7, 11) is 0. The van der Waals surface area contributed by atoms with Crippen molar-refractivity contribution in [2.24, 2.45) is 5.92 Å². The van der Waals surface area contributed by atoms with Crippen LogP contribution in [0.3, 0.4) is 0 Å². The fraction of sp³-hybridized carbons (Fsp3) is 0.292. The van der Waals surface area contributed by atoms with Gasteiger partial charge in [-0.3, -0.25) is 4.79 Å². The Bertz CT molecular complexity index is 939. The van der Waals surface area contributed by atoms with Crippen molar-refractivity contribution in [1.29, 1.82) is 0 Å². The second-order valence-electron chi connectivity index (χ2n) is 7.63. The molecule has 0 unspecified atom stereocenters. The standard InChI is InChI=1S/C24H26N4O/c1-18-9-11-20(12-10-18)22-15-26-24(27-16-22)28-13-5-8-21(17-28)23(29)25-14-19-6-3-2-4-7-19/h2-4,6-7,9-12,15-16,21H,5,8,13-14,17H2,1H3,(H,25,29)/t21-/m0/s1. The maximum absolute atomic E-state index is 12.6. The summed E-state index contributed by atoms with van der Waals surface area (Å²) in [5.74, 6) is 0.768. The van der Waals surface area contributed by atoms with Gasteiger partial charge in [0.1, 0.15) is 0 Å². The van der Waals surface area contributed by atoms with Gasteiger partial charge in [0.2, 0.25) is 11.9 Å². The number of carbonyl (C=O) groups is 1. The number of hydrogen-bond donors (Lipinski definition) is 1. The Labute approximate surface area is 171 Å². The molecule has 1 saturated heterocycles. The third kappa shape index (κ3) is 4.80. The van der Waals surface area contributed by atoms with Crippen LogP contribution in [-0.4, -0.2) is 29.0 Å². The zero-order chi connectivity index (χ0) is 20.1. The molecule has 29 heavy (non-hydrogen) atoms. The van der Waals surface area contributed by atoms with Gasteiger partial charge in [-0.1, -0.05) is 60.2 Å². The minimum absolute atomic E-state index is 0.0344. The summed E-state index contributed by atoms with van der Waals surface area (Å²) >= 11 is 0. The van der Waals surface area contributed by atoms with Gasteiger partial charge in [0.15, 0.2) is 0 Å². The summed E-state index contributed by atoms with van der Waals surface area (Å²) in [5, 5.41) is 3.07. The van der Waals surface area contributed by atoms with Crippen LogP contribution in [0.5, 0.6) is 0 Å². The van der Waals surface area contributed by atoms with Gasteiger partial charge < -0.3 is 10.2 Å². The van der Waals surface area contributed by atoms with Gasteiger partial charge in [-0.05, 0) is 30.9 Å². The summed E-state index contributed by atoms with van der Waals surface area (Å²) in [6.45, 7) is 4.18. The highest BCUT2D eigenvalue weighted by molar-refractivity contribution is 5.79. The van der Waals surface area contributed by atoms with Gasteiger partial charge in [0.25, 0.3) is 0 Å². The summed E-state index contributed by atoms with van der Waals surface area (Å²) < 4.78 is 0. The van der Waals surface area contributed by atoms with E-state index in [1.807, 2.05) is 42.7 Å². The molecule has 1 aliphatic rings. The van der Waals surface area contributed by atoms with Gasteiger partial charge in [-0.25, -0.2) is 9.97 Å². The fourth-order valence-corrected chi connectivity index (χ4v) is 3.68. The Morgan fingerprint density at radius 1 is 1.03 bits per heavy atom. The number of amides is 1. The van der Waals surface area contributed by atoms with Crippen molar-refractivity contribution in [2.75, 3.05) is 18.0 Å². The summed E-state index contributed by atoms with van der Waals surface area (Å²) in [4.78, 5) is 23.9. The lowest BCUT2D eigenvalue weighted by Crippen LogP contribution is -2.43. The molecule has 0 saturated carbocycles. The number of hydrogen-bond acceptors (Lipinski definition) is 4. The van der Waals surface area contributed by atoms with Gasteiger partial charge in [0.05, 0.1) is 5.92 Å². The van der Waals surface area contributed by atoms with E-state index in [1.165, 1.54) is 5.56 Å². The van der Waals surface area contributed by atoms with E-state index in [1.54, 1.807) is 0 Å². The smallest absolute Gasteiger partial charge is 0.225 e. The first kappa shape index (κ1) is 19.1. The van der Waals surface area contributed by atoms with Crippen molar-refractivity contribution >= 4 is 11.9 Å². The average Bonchev–Trinajstić information content (AvgIpc) is 2.79. The summed E-state index contributed by atoms with van der Waals surface area (Å²) in [5.41, 5.74) is 4.46. The molecular weight excluding hydrogens is 360 g/mol. The lowest BCUT2D eigenvalue weighted by Gasteiger charge is -2.32. The molecule has 0 aliphatic carbocycles. The van der Waals surface area contributed by atoms with Crippen LogP contribution in [0, 0.1) is 12.8 Å². The molecule has 1 amide bonds. The molecule has 4 rings (SSSR count). The molecule has 1 aliphatic heterocycles. The molecule has 1 atom stereocenters. The van der Waals surface area contributed by atoms with Crippen LogP contribution < -0.4 is 10.2 Å². The van der Waals surface area contributed by atoms with E-state index in [0.29, 0.717) is 19.0 Å². The van der Waals surface area contributed by atoms with E-state index >= 15 is 0 Å². The van der Waals surface area contributed by atoms with Crippen molar-refractivity contribution in [3.8, 4) is 11.1 Å². The second-order valence-corrected chi connectivity index (χ2v) is 7.63. The van der Waals surface area contributed by atoms with Crippen LogP contribution in [0.15, 0.2) is 67.0 Å². The Balaban J connectivity index is 1.37. The molecule has 0 bridgehead atoms. The largest absolute Gasteiger partial charge is 0.352 e. The molecule has 3 aromatic rings. The van der Waals surface area contributed by atoms with E-state index in [9.17, 15) is 4.79 Å². The highest BCUT2D eigenvalue weighted by Crippen LogP contribution is 2.23. The Morgan fingerprint density at radius 3 is 2.48 bits per heavy atom. The molecule has 0 radical (unpaired) electrons. The summed E-state index contributed by atoms with van der Waals surface area (Å²) in [6.07, 6.45) is 5.60. The van der Waals surface area contributed by atoms with Crippen LogP contribution >= 0.6 is 0 Å². The lowest BCUT2D eigenvalue weighted by atomic mass is 9.97. The number of piperidine rings is 1. The molecule has 2 aromatic carbocycles. The predicted molar refractivity (Wildman–Crippen MR) is 115 cm³/mol. The van der Waals surface area contributed by atoms with Gasteiger partial charge in [-0.15, -0.1) is 0 Å².